The Morgan fingerprint density at radius 1 is 1.06 bits per heavy atom. The number of halogens is 3. The topological polar surface area (TPSA) is 122 Å². The molecule has 10 nitrogen and oxygen atoms in total. The Morgan fingerprint density at radius 2 is 1.79 bits per heavy atom. The van der Waals surface area contributed by atoms with E-state index in [-0.39, 0.29) is 30.2 Å². The van der Waals surface area contributed by atoms with Gasteiger partial charge in [0.15, 0.2) is 23.9 Å². The number of methoxy groups -OCH3 is 2. The molecule has 14 heteroatoms. The van der Waals surface area contributed by atoms with E-state index >= 15 is 0 Å². The summed E-state index contributed by atoms with van der Waals surface area (Å²) in [5.41, 5.74) is 1.31. The Kier molecular flexibility index (Phi) is 12.4. The standard InChI is InChI=1S/C33H32Cl2FN3O6S.H2O/c1-38-13-12-21(18-38)44-33(41)39(27-7-5-4-6-26(27)36)19-22-9-11-31(46-22)32(40)45-29(15-23-24(34)16-37-17-25(23)35)20-8-10-28(42-2)30(14-20)43-3;/h4-11,14,16-17,21,29H,12-13,15,18-19H2,1-3H3;1H2/t21-,29+;/m1./s1. The first kappa shape index (κ1) is 35.9. The molecule has 1 aliphatic heterocycles. The molecular formula is C33H34Cl2FN3O7S. The second-order valence-corrected chi connectivity index (χ2v) is 12.7. The second kappa shape index (κ2) is 16.2. The fourth-order valence-corrected chi connectivity index (χ4v) is 6.58. The number of aromatic nitrogens is 1. The van der Waals surface area contributed by atoms with E-state index in [9.17, 15) is 14.0 Å². The summed E-state index contributed by atoms with van der Waals surface area (Å²) >= 11 is 14.0. The van der Waals surface area contributed by atoms with Crippen LogP contribution in [0.1, 0.15) is 38.2 Å². The van der Waals surface area contributed by atoms with E-state index in [2.05, 4.69) is 9.88 Å². The van der Waals surface area contributed by atoms with E-state index in [1.54, 1.807) is 54.9 Å². The molecule has 1 fully saturated rings. The summed E-state index contributed by atoms with van der Waals surface area (Å²) in [7, 11) is 5.00. The molecule has 47 heavy (non-hydrogen) atoms. The van der Waals surface area contributed by atoms with E-state index in [1.807, 2.05) is 7.05 Å². The van der Waals surface area contributed by atoms with Gasteiger partial charge < -0.3 is 29.3 Å². The monoisotopic (exact) mass is 705 g/mol. The largest absolute Gasteiger partial charge is 0.870 e. The molecule has 0 bridgehead atoms. The van der Waals surface area contributed by atoms with E-state index in [0.717, 1.165) is 17.9 Å². The number of amides is 1. The van der Waals surface area contributed by atoms with Crippen molar-refractivity contribution in [2.75, 3.05) is 39.3 Å². The third-order valence-corrected chi connectivity index (χ3v) is 9.30. The van der Waals surface area contributed by atoms with Crippen LogP contribution in [-0.2, 0) is 22.4 Å². The van der Waals surface area contributed by atoms with Gasteiger partial charge >= 0.3 is 12.1 Å². The lowest BCUT2D eigenvalue weighted by Gasteiger charge is -2.24. The van der Waals surface area contributed by atoms with Gasteiger partial charge in [0.1, 0.15) is 32.9 Å². The van der Waals surface area contributed by atoms with Crippen molar-refractivity contribution < 1.29 is 43.4 Å². The minimum absolute atomic E-state index is 0. The minimum Gasteiger partial charge on any atom is -0.870 e. The zero-order valence-electron chi connectivity index (χ0n) is 25.9. The molecule has 2 aromatic carbocycles. The summed E-state index contributed by atoms with van der Waals surface area (Å²) < 4.78 is 37.5. The van der Waals surface area contributed by atoms with E-state index in [1.165, 1.54) is 31.3 Å². The minimum atomic E-state index is -0.801. The predicted octanol–water partition coefficient (Wildman–Crippen LogP) is 6.84. The van der Waals surface area contributed by atoms with E-state index in [0.29, 0.717) is 55.4 Å². The molecule has 0 saturated carbocycles. The molecule has 4 aromatic rings. The Bertz CT molecular complexity index is 1690. The number of esters is 1. The number of nitrogens with zero attached hydrogens (tertiary/aromatic N) is 2. The average molecular weight is 707 g/mol. The Hall–Kier alpha value is -3.94. The normalized spacial score (nSPS) is 15.0. The number of ether oxygens (including phenoxy) is 4. The maximum atomic E-state index is 14.9. The van der Waals surface area contributed by atoms with Crippen LogP contribution in [0.15, 0.2) is 67.0 Å². The van der Waals surface area contributed by atoms with Gasteiger partial charge in [-0.05, 0) is 55.4 Å². The fraction of sp³-hybridized carbons (Fsp3) is 0.303. The summed E-state index contributed by atoms with van der Waals surface area (Å²) in [6.45, 7) is 1.40. The molecule has 1 aliphatic rings. The Morgan fingerprint density at radius 3 is 2.45 bits per heavy atom. The highest BCUT2D eigenvalue weighted by Crippen LogP contribution is 2.36. The van der Waals surface area contributed by atoms with Crippen LogP contribution >= 0.6 is 34.5 Å². The number of aromatic amines is 1. The van der Waals surface area contributed by atoms with Crippen molar-refractivity contribution in [3.63, 3.8) is 0 Å². The Labute approximate surface area is 285 Å². The number of H-pyrrole nitrogens is 1. The molecule has 1 saturated heterocycles. The highest BCUT2D eigenvalue weighted by molar-refractivity contribution is 7.14. The van der Waals surface area contributed by atoms with Crippen molar-refractivity contribution in [3.05, 3.63) is 104 Å². The quantitative estimate of drug-likeness (QED) is 0.156. The molecule has 2 atom stereocenters. The number of anilines is 1. The van der Waals surface area contributed by atoms with Gasteiger partial charge in [-0.15, -0.1) is 11.3 Å². The van der Waals surface area contributed by atoms with Crippen LogP contribution in [0.5, 0.6) is 11.5 Å². The first-order valence-corrected chi connectivity index (χ1v) is 16.0. The van der Waals surface area contributed by atoms with Crippen LogP contribution in [0.2, 0.25) is 10.0 Å². The van der Waals surface area contributed by atoms with Crippen LogP contribution in [0.25, 0.3) is 0 Å². The highest BCUT2D eigenvalue weighted by atomic mass is 35.5. The molecule has 1 amide bonds. The van der Waals surface area contributed by atoms with Gasteiger partial charge in [0.05, 0.1) is 26.5 Å². The zero-order chi connectivity index (χ0) is 32.8. The molecule has 5 rings (SSSR count). The SMILES string of the molecule is COc1ccc([C@H](Cc2c(Cl)c[nH+]cc2Cl)OC(=O)c2ccc(CN(C(=O)O[C@@H]3CCN(C)C3)c3ccccc3F)s2)cc1OC.[OH-]. The summed E-state index contributed by atoms with van der Waals surface area (Å²) in [6.07, 6.45) is 2.31. The number of carbonyl (C=O) groups excluding carboxylic acids is 2. The van der Waals surface area contributed by atoms with Crippen molar-refractivity contribution in [1.82, 2.24) is 4.90 Å². The number of likely N-dealkylation sites (tertiary alicyclic amines) is 1. The summed E-state index contributed by atoms with van der Waals surface area (Å²) in [6, 6.07) is 14.6. The zero-order valence-corrected chi connectivity index (χ0v) is 28.2. The van der Waals surface area contributed by atoms with Crippen LogP contribution in [0.4, 0.5) is 14.9 Å². The fourth-order valence-electron chi connectivity index (χ4n) is 5.17. The van der Waals surface area contributed by atoms with Crippen LogP contribution in [0.3, 0.4) is 0 Å². The average Bonchev–Trinajstić information content (AvgIpc) is 3.69. The highest BCUT2D eigenvalue weighted by Gasteiger charge is 2.29. The first-order chi connectivity index (χ1) is 22.2. The lowest BCUT2D eigenvalue weighted by atomic mass is 10.0. The number of para-hydroxylation sites is 1. The predicted molar refractivity (Wildman–Crippen MR) is 176 cm³/mol. The third kappa shape index (κ3) is 8.70. The number of rotatable bonds is 11. The molecule has 0 radical (unpaired) electrons. The number of nitrogens with one attached hydrogen (secondary N) is 1. The van der Waals surface area contributed by atoms with Gasteiger partial charge in [-0.25, -0.2) is 19.0 Å². The van der Waals surface area contributed by atoms with Crippen molar-refractivity contribution in [2.24, 2.45) is 0 Å². The van der Waals surface area contributed by atoms with Crippen LogP contribution < -0.4 is 19.4 Å². The van der Waals surface area contributed by atoms with Gasteiger partial charge in [0.25, 0.3) is 0 Å². The summed E-state index contributed by atoms with van der Waals surface area (Å²) in [5, 5.41) is 0.772. The van der Waals surface area contributed by atoms with Crippen molar-refractivity contribution in [3.8, 4) is 11.5 Å². The molecule has 3 heterocycles. The van der Waals surface area contributed by atoms with Crippen LogP contribution in [0, 0.1) is 5.82 Å². The Balaban J connectivity index is 0.00000500. The number of thiophene rings is 1. The second-order valence-electron chi connectivity index (χ2n) is 10.7. The maximum absolute atomic E-state index is 14.9. The van der Waals surface area contributed by atoms with Crippen molar-refractivity contribution in [1.29, 1.82) is 0 Å². The molecule has 0 unspecified atom stereocenters. The van der Waals surface area contributed by atoms with Gasteiger partial charge in [0, 0.05) is 30.0 Å². The number of likely N-dealkylation sites (N-methyl/N-ethyl adjacent to an activating group) is 1. The van der Waals surface area contributed by atoms with Gasteiger partial charge in [-0.3, -0.25) is 4.90 Å². The van der Waals surface area contributed by atoms with Gasteiger partial charge in [-0.2, -0.15) is 0 Å². The van der Waals surface area contributed by atoms with E-state index < -0.39 is 24.0 Å². The summed E-state index contributed by atoms with van der Waals surface area (Å²) in [5.74, 6) is -0.183. The number of hydrogen-bond acceptors (Lipinski definition) is 9. The molecule has 0 spiro atoms. The summed E-state index contributed by atoms with van der Waals surface area (Å²) in [4.78, 5) is 34.0. The van der Waals surface area contributed by atoms with Gasteiger partial charge in [-0.1, -0.05) is 41.4 Å². The third-order valence-electron chi connectivity index (χ3n) is 7.57. The lowest BCUT2D eigenvalue weighted by molar-refractivity contribution is -0.377. The first-order valence-electron chi connectivity index (χ1n) is 14.4. The molecule has 2 N–H and O–H groups in total. The molecule has 250 valence electrons. The van der Waals surface area contributed by atoms with Crippen molar-refractivity contribution >= 4 is 52.3 Å². The van der Waals surface area contributed by atoms with Crippen LogP contribution in [-0.4, -0.2) is 62.9 Å². The number of carbonyl (C=O) groups is 2. The van der Waals surface area contributed by atoms with Gasteiger partial charge in [0.2, 0.25) is 0 Å². The molecular weight excluding hydrogens is 672 g/mol. The lowest BCUT2D eigenvalue weighted by Crippen LogP contribution is -2.35. The number of pyridine rings is 1. The number of benzene rings is 2. The number of hydrogen-bond donors (Lipinski definition) is 0. The van der Waals surface area contributed by atoms with Crippen molar-refractivity contribution in [2.45, 2.75) is 31.6 Å². The maximum Gasteiger partial charge on any atom is 0.415 e. The molecule has 0 aliphatic carbocycles. The molecule has 2 aromatic heterocycles. The van der Waals surface area contributed by atoms with E-state index in [4.69, 9.17) is 42.1 Å². The smallest absolute Gasteiger partial charge is 0.415 e.